The molecule has 0 aromatic carbocycles. The lowest BCUT2D eigenvalue weighted by Crippen LogP contribution is -2.38. The summed E-state index contributed by atoms with van der Waals surface area (Å²) in [5.74, 6) is -0.748. The Hall–Kier alpha value is -1.20. The number of hydrogen-bond acceptors (Lipinski definition) is 4. The minimum absolute atomic E-state index is 0.0988. The molecule has 0 amide bonds. The van der Waals surface area contributed by atoms with Gasteiger partial charge in [-0.25, -0.2) is 14.8 Å². The third-order valence-corrected chi connectivity index (χ3v) is 3.07. The second-order valence-corrected chi connectivity index (χ2v) is 4.14. The van der Waals surface area contributed by atoms with E-state index >= 15 is 0 Å². The van der Waals surface area contributed by atoms with Crippen molar-refractivity contribution in [2.24, 2.45) is 0 Å². The number of aromatic carboxylic acids is 1. The summed E-state index contributed by atoms with van der Waals surface area (Å²) in [4.78, 5) is 18.9. The van der Waals surface area contributed by atoms with E-state index in [1.165, 1.54) is 6.07 Å². The lowest BCUT2D eigenvalue weighted by atomic mass is 9.79. The van der Waals surface area contributed by atoms with Crippen LogP contribution >= 0.6 is 11.6 Å². The van der Waals surface area contributed by atoms with E-state index in [0.717, 1.165) is 19.3 Å². The Balaban J connectivity index is 2.44. The van der Waals surface area contributed by atoms with Crippen molar-refractivity contribution in [1.29, 1.82) is 0 Å². The van der Waals surface area contributed by atoms with E-state index in [2.05, 4.69) is 9.97 Å². The van der Waals surface area contributed by atoms with E-state index in [4.69, 9.17) is 21.4 Å². The van der Waals surface area contributed by atoms with E-state index in [1.807, 2.05) is 0 Å². The second-order valence-electron chi connectivity index (χ2n) is 3.76. The van der Waals surface area contributed by atoms with Gasteiger partial charge in [-0.15, -0.1) is 0 Å². The largest absolute Gasteiger partial charge is 0.477 e. The molecule has 0 aliphatic heterocycles. The van der Waals surface area contributed by atoms with Gasteiger partial charge in [-0.05, 0) is 19.3 Å². The van der Waals surface area contributed by atoms with Crippen molar-refractivity contribution in [3.05, 3.63) is 22.7 Å². The summed E-state index contributed by atoms with van der Waals surface area (Å²) in [5, 5.41) is 9.00. The fraction of sp³-hybridized carbons (Fsp3) is 0.500. The van der Waals surface area contributed by atoms with Crippen molar-refractivity contribution in [3.8, 4) is 0 Å². The highest BCUT2D eigenvalue weighted by atomic mass is 35.5. The topological polar surface area (TPSA) is 72.3 Å². The van der Waals surface area contributed by atoms with Crippen LogP contribution < -0.4 is 0 Å². The Morgan fingerprint density at radius 1 is 1.56 bits per heavy atom. The molecule has 0 atom stereocenters. The number of nitrogens with zero attached hydrogens (tertiary/aromatic N) is 2. The Bertz CT molecular complexity index is 427. The average molecular weight is 243 g/mol. The van der Waals surface area contributed by atoms with Crippen LogP contribution in [0.3, 0.4) is 0 Å². The van der Waals surface area contributed by atoms with Crippen LogP contribution in [0.25, 0.3) is 0 Å². The molecule has 1 fully saturated rings. The molecule has 1 aromatic rings. The lowest BCUT2D eigenvalue weighted by Gasteiger charge is -2.38. The maximum absolute atomic E-state index is 10.8. The molecular formula is C10H11ClN2O3. The molecule has 0 bridgehead atoms. The molecule has 1 aliphatic carbocycles. The van der Waals surface area contributed by atoms with Crippen molar-refractivity contribution < 1.29 is 14.6 Å². The van der Waals surface area contributed by atoms with Crippen LogP contribution in [0.2, 0.25) is 5.15 Å². The van der Waals surface area contributed by atoms with Crippen molar-refractivity contribution in [2.75, 3.05) is 7.11 Å². The first-order valence-electron chi connectivity index (χ1n) is 4.91. The van der Waals surface area contributed by atoms with Gasteiger partial charge < -0.3 is 9.84 Å². The number of methoxy groups -OCH3 is 1. The molecular weight excluding hydrogens is 232 g/mol. The average Bonchev–Trinajstić information content (AvgIpc) is 2.16. The SMILES string of the molecule is COC1(c2nc(Cl)cc(C(=O)O)n2)CCC1. The lowest BCUT2D eigenvalue weighted by molar-refractivity contribution is -0.0847. The van der Waals surface area contributed by atoms with E-state index < -0.39 is 11.6 Å². The van der Waals surface area contributed by atoms with Gasteiger partial charge >= 0.3 is 5.97 Å². The zero-order chi connectivity index (χ0) is 11.8. The first-order chi connectivity index (χ1) is 7.57. The summed E-state index contributed by atoms with van der Waals surface area (Å²) in [6, 6.07) is 1.23. The smallest absolute Gasteiger partial charge is 0.354 e. The number of ether oxygens (including phenoxy) is 1. The number of hydrogen-bond donors (Lipinski definition) is 1. The van der Waals surface area contributed by atoms with E-state index in [-0.39, 0.29) is 10.8 Å². The maximum Gasteiger partial charge on any atom is 0.354 e. The zero-order valence-electron chi connectivity index (χ0n) is 8.73. The van der Waals surface area contributed by atoms with Crippen LogP contribution in [0.4, 0.5) is 0 Å². The first kappa shape index (κ1) is 11.3. The molecule has 1 saturated carbocycles. The standard InChI is InChI=1S/C10H11ClN2O3/c1-16-10(3-2-4-10)9-12-6(8(14)15)5-7(11)13-9/h5H,2-4H2,1H3,(H,14,15). The van der Waals surface area contributed by atoms with Crippen molar-refractivity contribution in [2.45, 2.75) is 24.9 Å². The highest BCUT2D eigenvalue weighted by Crippen LogP contribution is 2.42. The van der Waals surface area contributed by atoms with Gasteiger partial charge in [0.15, 0.2) is 11.5 Å². The Morgan fingerprint density at radius 3 is 2.69 bits per heavy atom. The van der Waals surface area contributed by atoms with Crippen LogP contribution in [0.5, 0.6) is 0 Å². The number of aromatic nitrogens is 2. The highest BCUT2D eigenvalue weighted by molar-refractivity contribution is 6.29. The number of halogens is 1. The fourth-order valence-corrected chi connectivity index (χ4v) is 1.93. The molecule has 1 heterocycles. The molecule has 2 rings (SSSR count). The van der Waals surface area contributed by atoms with Crippen molar-refractivity contribution >= 4 is 17.6 Å². The summed E-state index contributed by atoms with van der Waals surface area (Å²) in [5.41, 5.74) is -0.645. The van der Waals surface area contributed by atoms with Crippen LogP contribution in [0.15, 0.2) is 6.07 Å². The summed E-state index contributed by atoms with van der Waals surface area (Å²) in [6.07, 6.45) is 2.61. The number of carboxylic acid groups (broad SMARTS) is 1. The van der Waals surface area contributed by atoms with Crippen LogP contribution in [0, 0.1) is 0 Å². The summed E-state index contributed by atoms with van der Waals surface area (Å²) < 4.78 is 5.37. The number of carbonyl (C=O) groups is 1. The predicted molar refractivity (Wildman–Crippen MR) is 56.5 cm³/mol. The monoisotopic (exact) mass is 242 g/mol. The minimum atomic E-state index is -1.11. The van der Waals surface area contributed by atoms with E-state index in [1.54, 1.807) is 7.11 Å². The molecule has 6 heteroatoms. The first-order valence-corrected chi connectivity index (χ1v) is 5.29. The minimum Gasteiger partial charge on any atom is -0.477 e. The highest BCUT2D eigenvalue weighted by Gasteiger charge is 2.42. The normalized spacial score (nSPS) is 17.9. The van der Waals surface area contributed by atoms with Gasteiger partial charge in [-0.3, -0.25) is 0 Å². The van der Waals surface area contributed by atoms with Gasteiger partial charge in [0, 0.05) is 13.2 Å². The third-order valence-electron chi connectivity index (χ3n) is 2.87. The molecule has 0 spiro atoms. The number of rotatable bonds is 3. The van der Waals surface area contributed by atoms with Gasteiger partial charge in [-0.2, -0.15) is 0 Å². The molecule has 86 valence electrons. The zero-order valence-corrected chi connectivity index (χ0v) is 9.49. The van der Waals surface area contributed by atoms with Gasteiger partial charge in [-0.1, -0.05) is 11.6 Å². The van der Waals surface area contributed by atoms with Gasteiger partial charge in [0.2, 0.25) is 0 Å². The maximum atomic E-state index is 10.8. The second kappa shape index (κ2) is 3.99. The molecule has 1 N–H and O–H groups in total. The van der Waals surface area contributed by atoms with Crippen molar-refractivity contribution in [1.82, 2.24) is 9.97 Å². The van der Waals surface area contributed by atoms with Crippen molar-refractivity contribution in [3.63, 3.8) is 0 Å². The molecule has 16 heavy (non-hydrogen) atoms. The molecule has 5 nitrogen and oxygen atoms in total. The van der Waals surface area contributed by atoms with Crippen LogP contribution in [-0.4, -0.2) is 28.2 Å². The number of carboxylic acids is 1. The quantitative estimate of drug-likeness (QED) is 0.819. The van der Waals surface area contributed by atoms with Crippen LogP contribution in [0.1, 0.15) is 35.6 Å². The van der Waals surface area contributed by atoms with Gasteiger partial charge in [0.25, 0.3) is 0 Å². The van der Waals surface area contributed by atoms with Gasteiger partial charge in [0.1, 0.15) is 10.8 Å². The van der Waals surface area contributed by atoms with E-state index in [9.17, 15) is 4.79 Å². The molecule has 1 aliphatic rings. The summed E-state index contributed by atoms with van der Waals surface area (Å²) in [7, 11) is 1.57. The Kier molecular flexibility index (Phi) is 2.82. The molecule has 0 radical (unpaired) electrons. The molecule has 0 unspecified atom stereocenters. The Morgan fingerprint density at radius 2 is 2.25 bits per heavy atom. The summed E-state index contributed by atoms with van der Waals surface area (Å²) in [6.45, 7) is 0. The molecule has 1 aromatic heterocycles. The predicted octanol–water partition coefficient (Wildman–Crippen LogP) is 1.85. The molecule has 0 saturated heterocycles. The van der Waals surface area contributed by atoms with Crippen LogP contribution in [-0.2, 0) is 10.3 Å². The summed E-state index contributed by atoms with van der Waals surface area (Å²) >= 11 is 5.77. The third kappa shape index (κ3) is 1.76. The van der Waals surface area contributed by atoms with E-state index in [0.29, 0.717) is 5.82 Å². The van der Waals surface area contributed by atoms with Gasteiger partial charge in [0.05, 0.1) is 0 Å². The Labute approximate surface area is 97.4 Å². The fourth-order valence-electron chi connectivity index (χ4n) is 1.75.